The molecule has 0 spiro atoms. The van der Waals surface area contributed by atoms with Gasteiger partial charge in [0.15, 0.2) is 0 Å². The van der Waals surface area contributed by atoms with E-state index in [1.165, 1.54) is 5.56 Å². The largest absolute Gasteiger partial charge is 0.384 e. The molecule has 4 nitrogen and oxygen atoms in total. The summed E-state index contributed by atoms with van der Waals surface area (Å²) in [5, 5.41) is 10.3. The summed E-state index contributed by atoms with van der Waals surface area (Å²) in [6.45, 7) is 10.4. The van der Waals surface area contributed by atoms with Crippen LogP contribution in [-0.2, 0) is 23.0 Å². The first-order chi connectivity index (χ1) is 13.2. The standard InChI is InChI=1S/C24H33N3O/c1-23(2)12-11-19-17(14-23)21(20-10-8-7-9-13-27(20)5)18(15-25)22(26-19)24(3,4)16-28-6/h7-8,10H,9,11-14,16H2,1-6H3. The highest BCUT2D eigenvalue weighted by Crippen LogP contribution is 2.42. The lowest BCUT2D eigenvalue weighted by Crippen LogP contribution is -2.32. The number of nitrogens with zero attached hydrogens (tertiary/aromatic N) is 3. The van der Waals surface area contributed by atoms with E-state index in [0.717, 1.165) is 54.9 Å². The highest BCUT2D eigenvalue weighted by Gasteiger charge is 2.36. The maximum absolute atomic E-state index is 10.3. The van der Waals surface area contributed by atoms with Crippen LogP contribution in [0, 0.1) is 16.7 Å². The van der Waals surface area contributed by atoms with Crippen LogP contribution in [0.4, 0.5) is 0 Å². The van der Waals surface area contributed by atoms with Crippen LogP contribution in [0.15, 0.2) is 18.2 Å². The van der Waals surface area contributed by atoms with Gasteiger partial charge in [0.2, 0.25) is 0 Å². The molecule has 0 N–H and O–H groups in total. The minimum Gasteiger partial charge on any atom is -0.384 e. The van der Waals surface area contributed by atoms with Crippen LogP contribution in [0.2, 0.25) is 0 Å². The van der Waals surface area contributed by atoms with Crippen molar-refractivity contribution in [2.24, 2.45) is 5.41 Å². The van der Waals surface area contributed by atoms with Crippen molar-refractivity contribution in [1.82, 2.24) is 9.88 Å². The Labute approximate surface area is 169 Å². The lowest BCUT2D eigenvalue weighted by atomic mass is 9.72. The molecule has 0 aromatic carbocycles. The van der Waals surface area contributed by atoms with Gasteiger partial charge in [0.1, 0.15) is 6.07 Å². The maximum atomic E-state index is 10.3. The van der Waals surface area contributed by atoms with Crippen molar-refractivity contribution < 1.29 is 4.74 Å². The van der Waals surface area contributed by atoms with Crippen LogP contribution in [0.5, 0.6) is 0 Å². The third-order valence-electron chi connectivity index (χ3n) is 6.02. The van der Waals surface area contributed by atoms with E-state index in [4.69, 9.17) is 9.72 Å². The molecule has 3 rings (SSSR count). The second kappa shape index (κ2) is 7.72. The van der Waals surface area contributed by atoms with E-state index >= 15 is 0 Å². The molecule has 0 fully saturated rings. The summed E-state index contributed by atoms with van der Waals surface area (Å²) in [7, 11) is 3.84. The number of nitriles is 1. The molecule has 0 bridgehead atoms. The van der Waals surface area contributed by atoms with Gasteiger partial charge < -0.3 is 9.64 Å². The van der Waals surface area contributed by atoms with Crippen molar-refractivity contribution in [3.05, 3.63) is 46.3 Å². The van der Waals surface area contributed by atoms with Crippen LogP contribution in [-0.4, -0.2) is 37.2 Å². The third-order valence-corrected chi connectivity index (χ3v) is 6.02. The molecular formula is C24H33N3O. The highest BCUT2D eigenvalue weighted by atomic mass is 16.5. The molecule has 0 unspecified atom stereocenters. The fourth-order valence-electron chi connectivity index (χ4n) is 4.45. The normalized spacial score (nSPS) is 18.9. The number of allylic oxidation sites excluding steroid dienone is 2. The summed E-state index contributed by atoms with van der Waals surface area (Å²) in [4.78, 5) is 7.36. The second-order valence-electron chi connectivity index (χ2n) is 9.60. The molecule has 2 aliphatic rings. The average Bonchev–Trinajstić information content (AvgIpc) is 2.83. The predicted octanol–water partition coefficient (Wildman–Crippen LogP) is 4.62. The molecule has 0 amide bonds. The Hall–Kier alpha value is -2.12. The second-order valence-corrected chi connectivity index (χ2v) is 9.60. The van der Waals surface area contributed by atoms with Gasteiger partial charge in [-0.3, -0.25) is 4.98 Å². The minimum absolute atomic E-state index is 0.222. The molecule has 1 aromatic heterocycles. The Bertz CT molecular complexity index is 856. The number of fused-ring (bicyclic) bond motifs is 1. The van der Waals surface area contributed by atoms with E-state index in [0.29, 0.717) is 12.2 Å². The Morgan fingerprint density at radius 3 is 2.79 bits per heavy atom. The summed E-state index contributed by atoms with van der Waals surface area (Å²) >= 11 is 0. The molecule has 150 valence electrons. The van der Waals surface area contributed by atoms with Gasteiger partial charge in [-0.25, -0.2) is 0 Å². The number of hydrogen-bond acceptors (Lipinski definition) is 4. The maximum Gasteiger partial charge on any atom is 0.102 e. The SMILES string of the molecule is COCC(C)(C)c1nc2c(c(C3=CC=CCCN3C)c1C#N)CC(C)(C)CC2. The van der Waals surface area contributed by atoms with Crippen LogP contribution < -0.4 is 0 Å². The third kappa shape index (κ3) is 3.86. The van der Waals surface area contributed by atoms with Gasteiger partial charge in [-0.1, -0.05) is 39.8 Å². The van der Waals surface area contributed by atoms with Gasteiger partial charge >= 0.3 is 0 Å². The average molecular weight is 380 g/mol. The van der Waals surface area contributed by atoms with Gasteiger partial charge in [-0.05, 0) is 42.7 Å². The molecule has 1 aromatic rings. The summed E-state index contributed by atoms with van der Waals surface area (Å²) in [6.07, 6.45) is 10.5. The summed E-state index contributed by atoms with van der Waals surface area (Å²) in [6, 6.07) is 2.53. The number of hydrogen-bond donors (Lipinski definition) is 0. The Balaban J connectivity index is 2.33. The van der Waals surface area contributed by atoms with Crippen LogP contribution in [0.1, 0.15) is 68.6 Å². The fraction of sp³-hybridized carbons (Fsp3) is 0.583. The molecule has 28 heavy (non-hydrogen) atoms. The molecule has 0 saturated carbocycles. The number of rotatable bonds is 4. The first-order valence-electron chi connectivity index (χ1n) is 10.2. The zero-order chi connectivity index (χ0) is 20.5. The van der Waals surface area contributed by atoms with Crippen LogP contribution in [0.25, 0.3) is 5.70 Å². The Kier molecular flexibility index (Phi) is 5.68. The van der Waals surface area contributed by atoms with Gasteiger partial charge in [0.05, 0.1) is 17.9 Å². The number of pyridine rings is 1. The van der Waals surface area contributed by atoms with Crippen molar-refractivity contribution in [3.8, 4) is 6.07 Å². The molecule has 0 atom stereocenters. The number of methoxy groups -OCH3 is 1. The lowest BCUT2D eigenvalue weighted by molar-refractivity contribution is 0.144. The monoisotopic (exact) mass is 379 g/mol. The van der Waals surface area contributed by atoms with Gasteiger partial charge in [-0.15, -0.1) is 0 Å². The highest BCUT2D eigenvalue weighted by molar-refractivity contribution is 5.75. The molecule has 1 aliphatic heterocycles. The quantitative estimate of drug-likeness (QED) is 0.766. The molecule has 2 heterocycles. The Morgan fingerprint density at radius 2 is 2.11 bits per heavy atom. The molecule has 4 heteroatoms. The summed E-state index contributed by atoms with van der Waals surface area (Å²) in [5.74, 6) is 0. The zero-order valence-electron chi connectivity index (χ0n) is 18.2. The van der Waals surface area contributed by atoms with Crippen molar-refractivity contribution in [2.75, 3.05) is 27.3 Å². The summed E-state index contributed by atoms with van der Waals surface area (Å²) < 4.78 is 5.48. The van der Waals surface area contributed by atoms with E-state index in [9.17, 15) is 5.26 Å². The number of ether oxygens (including phenoxy) is 1. The first kappa shape index (κ1) is 20.6. The van der Waals surface area contributed by atoms with E-state index in [1.807, 2.05) is 0 Å². The minimum atomic E-state index is -0.323. The van der Waals surface area contributed by atoms with E-state index < -0.39 is 0 Å². The van der Waals surface area contributed by atoms with Crippen molar-refractivity contribution >= 4 is 5.70 Å². The number of aryl methyl sites for hydroxylation is 1. The predicted molar refractivity (Wildman–Crippen MR) is 114 cm³/mol. The molecular weight excluding hydrogens is 346 g/mol. The smallest absolute Gasteiger partial charge is 0.102 e. The van der Waals surface area contributed by atoms with Crippen molar-refractivity contribution in [3.63, 3.8) is 0 Å². The van der Waals surface area contributed by atoms with Crippen molar-refractivity contribution in [1.29, 1.82) is 5.26 Å². The first-order valence-corrected chi connectivity index (χ1v) is 10.2. The van der Waals surface area contributed by atoms with Gasteiger partial charge in [0, 0.05) is 43.1 Å². The summed E-state index contributed by atoms with van der Waals surface area (Å²) in [5.41, 5.74) is 6.13. The molecule has 0 saturated heterocycles. The molecule has 1 aliphatic carbocycles. The van der Waals surface area contributed by atoms with E-state index in [-0.39, 0.29) is 10.8 Å². The topological polar surface area (TPSA) is 49.1 Å². The van der Waals surface area contributed by atoms with Crippen LogP contribution in [0.3, 0.4) is 0 Å². The fourth-order valence-corrected chi connectivity index (χ4v) is 4.45. The van der Waals surface area contributed by atoms with Gasteiger partial charge in [-0.2, -0.15) is 5.26 Å². The van der Waals surface area contributed by atoms with Crippen LogP contribution >= 0.6 is 0 Å². The van der Waals surface area contributed by atoms with Gasteiger partial charge in [0.25, 0.3) is 0 Å². The zero-order valence-corrected chi connectivity index (χ0v) is 18.2. The van der Waals surface area contributed by atoms with Crippen molar-refractivity contribution in [2.45, 2.75) is 58.8 Å². The van der Waals surface area contributed by atoms with E-state index in [2.05, 4.69) is 63.9 Å². The molecule has 0 radical (unpaired) electrons. The van der Waals surface area contributed by atoms with E-state index in [1.54, 1.807) is 7.11 Å². The lowest BCUT2D eigenvalue weighted by Gasteiger charge is -2.36. The number of aromatic nitrogens is 1. The Morgan fingerprint density at radius 1 is 1.36 bits per heavy atom.